The molecule has 1 aliphatic heterocycles. The Bertz CT molecular complexity index is 536. The van der Waals surface area contributed by atoms with Crippen molar-refractivity contribution in [3.05, 3.63) is 22.4 Å². The summed E-state index contributed by atoms with van der Waals surface area (Å²) in [6, 6.07) is 4.12. The maximum absolute atomic E-state index is 12.3. The third-order valence-corrected chi connectivity index (χ3v) is 5.56. The van der Waals surface area contributed by atoms with Crippen LogP contribution in [0.2, 0.25) is 0 Å². The summed E-state index contributed by atoms with van der Waals surface area (Å²) in [4.78, 5) is 27.3. The molecule has 2 fully saturated rings. The summed E-state index contributed by atoms with van der Waals surface area (Å²) in [6.07, 6.45) is 4.43. The third kappa shape index (κ3) is 3.03. The average molecular weight is 323 g/mol. The van der Waals surface area contributed by atoms with E-state index in [0.717, 1.165) is 25.7 Å². The zero-order valence-corrected chi connectivity index (χ0v) is 13.3. The van der Waals surface area contributed by atoms with Crippen LogP contribution in [0.15, 0.2) is 17.5 Å². The van der Waals surface area contributed by atoms with Crippen LogP contribution in [0.3, 0.4) is 0 Å². The van der Waals surface area contributed by atoms with Crippen LogP contribution in [0, 0.1) is 0 Å². The van der Waals surface area contributed by atoms with Gasteiger partial charge in [0.2, 0.25) is 0 Å². The number of esters is 1. The van der Waals surface area contributed by atoms with Crippen molar-refractivity contribution in [2.24, 2.45) is 0 Å². The van der Waals surface area contributed by atoms with Crippen LogP contribution >= 0.6 is 11.3 Å². The second-order valence-electron chi connectivity index (χ2n) is 6.08. The molecule has 0 bridgehead atoms. The van der Waals surface area contributed by atoms with E-state index in [1.54, 1.807) is 16.2 Å². The van der Waals surface area contributed by atoms with Gasteiger partial charge in [0.25, 0.3) is 5.91 Å². The van der Waals surface area contributed by atoms with Crippen LogP contribution in [0.25, 0.3) is 0 Å². The van der Waals surface area contributed by atoms with Crippen LogP contribution in [0.4, 0.5) is 0 Å². The van der Waals surface area contributed by atoms with Gasteiger partial charge in [-0.1, -0.05) is 6.07 Å². The lowest BCUT2D eigenvalue weighted by Crippen LogP contribution is -2.40. The van der Waals surface area contributed by atoms with Crippen molar-refractivity contribution in [1.82, 2.24) is 4.90 Å². The van der Waals surface area contributed by atoms with Crippen LogP contribution in [-0.4, -0.2) is 40.6 Å². The fourth-order valence-corrected chi connectivity index (χ4v) is 4.22. The number of rotatable bonds is 4. The molecule has 1 aromatic rings. The van der Waals surface area contributed by atoms with Crippen molar-refractivity contribution < 1.29 is 19.4 Å². The van der Waals surface area contributed by atoms with Crippen LogP contribution in [0.1, 0.15) is 49.4 Å². The highest BCUT2D eigenvalue weighted by molar-refractivity contribution is 7.10. The Morgan fingerprint density at radius 1 is 1.36 bits per heavy atom. The summed E-state index contributed by atoms with van der Waals surface area (Å²) in [6.45, 7) is 0.423. The molecule has 0 aromatic carbocycles. The lowest BCUT2D eigenvalue weighted by Gasteiger charge is -2.25. The summed E-state index contributed by atoms with van der Waals surface area (Å²) in [5.41, 5.74) is -1.38. The average Bonchev–Trinajstić information content (AvgIpc) is 3.23. The molecule has 5 nitrogen and oxygen atoms in total. The number of amides is 1. The van der Waals surface area contributed by atoms with Crippen LogP contribution in [-0.2, 0) is 14.3 Å². The zero-order chi connectivity index (χ0) is 15.6. The van der Waals surface area contributed by atoms with E-state index in [1.165, 1.54) is 4.88 Å². The first-order chi connectivity index (χ1) is 10.6. The third-order valence-electron chi connectivity index (χ3n) is 4.58. The van der Waals surface area contributed by atoms with Crippen molar-refractivity contribution in [3.8, 4) is 0 Å². The first-order valence-electron chi connectivity index (χ1n) is 7.83. The van der Waals surface area contributed by atoms with Gasteiger partial charge in [0.1, 0.15) is 0 Å². The molecular weight excluding hydrogens is 302 g/mol. The van der Waals surface area contributed by atoms with Crippen molar-refractivity contribution in [2.75, 3.05) is 13.2 Å². The van der Waals surface area contributed by atoms with Gasteiger partial charge >= 0.3 is 5.97 Å². The predicted octanol–water partition coefficient (Wildman–Crippen LogP) is 2.26. The number of likely N-dealkylation sites (tertiary alicyclic amines) is 1. The second-order valence-corrected chi connectivity index (χ2v) is 7.05. The number of nitrogens with zero attached hydrogens (tertiary/aromatic N) is 1. The normalized spacial score (nSPS) is 23.7. The molecule has 1 aromatic heterocycles. The number of ether oxygens (including phenoxy) is 1. The predicted molar refractivity (Wildman–Crippen MR) is 82.4 cm³/mol. The van der Waals surface area contributed by atoms with Gasteiger partial charge in [0.15, 0.2) is 12.2 Å². The van der Waals surface area contributed by atoms with Gasteiger partial charge in [-0.05, 0) is 50.0 Å². The summed E-state index contributed by atoms with van der Waals surface area (Å²) in [7, 11) is 0. The molecule has 2 heterocycles. The molecule has 6 heteroatoms. The summed E-state index contributed by atoms with van der Waals surface area (Å²) in [5, 5.41) is 12.1. The molecule has 1 amide bonds. The lowest BCUT2D eigenvalue weighted by molar-refractivity contribution is -0.168. The molecule has 2 aliphatic rings. The van der Waals surface area contributed by atoms with Crippen molar-refractivity contribution >= 4 is 23.2 Å². The second kappa shape index (κ2) is 6.38. The molecule has 0 radical (unpaired) electrons. The molecule has 1 N–H and O–H groups in total. The number of hydrogen-bond acceptors (Lipinski definition) is 5. The van der Waals surface area contributed by atoms with E-state index < -0.39 is 11.6 Å². The zero-order valence-electron chi connectivity index (χ0n) is 12.5. The van der Waals surface area contributed by atoms with Gasteiger partial charge < -0.3 is 14.7 Å². The lowest BCUT2D eigenvalue weighted by atomic mass is 10.0. The van der Waals surface area contributed by atoms with Gasteiger partial charge in [-0.2, -0.15) is 0 Å². The number of thiophene rings is 1. The Morgan fingerprint density at radius 3 is 2.82 bits per heavy atom. The molecule has 0 spiro atoms. The maximum Gasteiger partial charge on any atom is 0.338 e. The molecule has 1 atom stereocenters. The summed E-state index contributed by atoms with van der Waals surface area (Å²) in [5.74, 6) is -0.823. The standard InChI is InChI=1S/C16H21NO4S/c18-14(11-21-15(19)16(20)7-1-2-8-16)17-9-3-5-12(17)13-6-4-10-22-13/h4,6,10,12,20H,1-3,5,7-9,11H2. The molecule has 1 saturated carbocycles. The molecule has 3 rings (SSSR count). The first-order valence-corrected chi connectivity index (χ1v) is 8.71. The van der Waals surface area contributed by atoms with E-state index >= 15 is 0 Å². The molecule has 1 saturated heterocycles. The van der Waals surface area contributed by atoms with Crippen molar-refractivity contribution in [2.45, 2.75) is 50.2 Å². The van der Waals surface area contributed by atoms with E-state index in [9.17, 15) is 14.7 Å². The monoisotopic (exact) mass is 323 g/mol. The minimum Gasteiger partial charge on any atom is -0.453 e. The topological polar surface area (TPSA) is 66.8 Å². The van der Waals surface area contributed by atoms with Crippen LogP contribution in [0.5, 0.6) is 0 Å². The van der Waals surface area contributed by atoms with E-state index in [0.29, 0.717) is 19.4 Å². The number of hydrogen-bond donors (Lipinski definition) is 1. The Kier molecular flexibility index (Phi) is 4.49. The quantitative estimate of drug-likeness (QED) is 0.863. The van der Waals surface area contributed by atoms with Gasteiger partial charge in [0.05, 0.1) is 6.04 Å². The Hall–Kier alpha value is -1.40. The summed E-state index contributed by atoms with van der Waals surface area (Å²) < 4.78 is 5.09. The number of aliphatic hydroxyl groups is 1. The molecular formula is C16H21NO4S. The Morgan fingerprint density at radius 2 is 2.14 bits per heavy atom. The molecule has 1 unspecified atom stereocenters. The van der Waals surface area contributed by atoms with E-state index in [-0.39, 0.29) is 18.6 Å². The SMILES string of the molecule is O=C(COC(=O)C1(O)CCCC1)N1CCCC1c1cccs1. The number of carbonyl (C=O) groups is 2. The smallest absolute Gasteiger partial charge is 0.338 e. The van der Waals surface area contributed by atoms with E-state index in [4.69, 9.17) is 4.74 Å². The van der Waals surface area contributed by atoms with Crippen molar-refractivity contribution in [3.63, 3.8) is 0 Å². The fourth-order valence-electron chi connectivity index (χ4n) is 3.35. The Labute approximate surface area is 133 Å². The van der Waals surface area contributed by atoms with Crippen molar-refractivity contribution in [1.29, 1.82) is 0 Å². The minimum absolute atomic E-state index is 0.0979. The first kappa shape index (κ1) is 15.5. The van der Waals surface area contributed by atoms with E-state index in [2.05, 4.69) is 0 Å². The maximum atomic E-state index is 12.3. The van der Waals surface area contributed by atoms with Gasteiger partial charge in [-0.25, -0.2) is 4.79 Å². The Balaban J connectivity index is 1.56. The van der Waals surface area contributed by atoms with Gasteiger partial charge in [-0.3, -0.25) is 4.79 Å². The van der Waals surface area contributed by atoms with Gasteiger partial charge in [0, 0.05) is 11.4 Å². The largest absolute Gasteiger partial charge is 0.453 e. The fraction of sp³-hybridized carbons (Fsp3) is 0.625. The van der Waals surface area contributed by atoms with Gasteiger partial charge in [-0.15, -0.1) is 11.3 Å². The number of carbonyl (C=O) groups excluding carboxylic acids is 2. The minimum atomic E-state index is -1.38. The van der Waals surface area contributed by atoms with Crippen LogP contribution < -0.4 is 0 Å². The summed E-state index contributed by atoms with van der Waals surface area (Å²) >= 11 is 1.64. The molecule has 22 heavy (non-hydrogen) atoms. The molecule has 120 valence electrons. The molecule has 1 aliphatic carbocycles. The van der Waals surface area contributed by atoms with E-state index in [1.807, 2.05) is 17.5 Å². The highest BCUT2D eigenvalue weighted by atomic mass is 32.1. The highest BCUT2D eigenvalue weighted by Crippen LogP contribution is 2.35. The highest BCUT2D eigenvalue weighted by Gasteiger charge is 2.41.